The number of nitrogen functional groups attached to an aromatic ring is 1. The molecule has 9 nitrogen and oxygen atoms in total. The lowest BCUT2D eigenvalue weighted by Crippen LogP contribution is -2.35. The number of rotatable bonds is 6. The summed E-state index contributed by atoms with van der Waals surface area (Å²) in [7, 11) is 1.30. The normalized spacial score (nSPS) is 10.6. The number of carbonyl (C=O) groups excluding carboxylic acids is 2. The fourth-order valence-corrected chi connectivity index (χ4v) is 2.13. The molecule has 0 atom stereocenters. The zero-order valence-corrected chi connectivity index (χ0v) is 14.6. The summed E-state index contributed by atoms with van der Waals surface area (Å²) in [6.45, 7) is 3.07. The maximum absolute atomic E-state index is 12.1. The standard InChI is InChI=1S/C17H19N3O6/c1-9(2)26-11-6-4-10(5-7-11)16(23)25-8-12(21)13-14(18)20(3)17(24)19-15(13)22/h4-7,9H,8,18H2,1-3H3,(H,19,22,24). The van der Waals surface area contributed by atoms with E-state index in [9.17, 15) is 19.2 Å². The molecule has 0 radical (unpaired) electrons. The van der Waals surface area contributed by atoms with Crippen LogP contribution in [0.25, 0.3) is 0 Å². The highest BCUT2D eigenvalue weighted by Crippen LogP contribution is 2.14. The molecule has 2 rings (SSSR count). The van der Waals surface area contributed by atoms with Gasteiger partial charge in [-0.1, -0.05) is 0 Å². The van der Waals surface area contributed by atoms with Crippen LogP contribution in [0.5, 0.6) is 5.75 Å². The SMILES string of the molecule is CC(C)Oc1ccc(C(=O)OCC(=O)c2c(N)n(C)c(=O)[nH]c2=O)cc1. The Morgan fingerprint density at radius 3 is 2.38 bits per heavy atom. The van der Waals surface area contributed by atoms with Crippen molar-refractivity contribution < 1.29 is 19.1 Å². The third-order valence-corrected chi connectivity index (χ3v) is 3.44. The minimum atomic E-state index is -0.929. The zero-order chi connectivity index (χ0) is 19.4. The molecule has 26 heavy (non-hydrogen) atoms. The first kappa shape index (κ1) is 19.0. The van der Waals surface area contributed by atoms with Crippen LogP contribution in [0.4, 0.5) is 5.82 Å². The number of esters is 1. The highest BCUT2D eigenvalue weighted by molar-refractivity contribution is 6.02. The van der Waals surface area contributed by atoms with Crippen LogP contribution in [0.3, 0.4) is 0 Å². The van der Waals surface area contributed by atoms with Crippen LogP contribution in [0, 0.1) is 0 Å². The van der Waals surface area contributed by atoms with E-state index < -0.39 is 35.2 Å². The summed E-state index contributed by atoms with van der Waals surface area (Å²) in [6, 6.07) is 6.21. The van der Waals surface area contributed by atoms with Gasteiger partial charge in [0.05, 0.1) is 11.7 Å². The molecule has 1 aromatic heterocycles. The van der Waals surface area contributed by atoms with Crippen LogP contribution in [-0.2, 0) is 11.8 Å². The number of hydrogen-bond acceptors (Lipinski definition) is 7. The number of Topliss-reactive ketones (excluding diaryl/α,β-unsaturated/α-hetero) is 1. The van der Waals surface area contributed by atoms with Gasteiger partial charge in [0.15, 0.2) is 6.61 Å². The van der Waals surface area contributed by atoms with Gasteiger partial charge >= 0.3 is 11.7 Å². The van der Waals surface area contributed by atoms with Crippen molar-refractivity contribution in [3.05, 3.63) is 56.2 Å². The van der Waals surface area contributed by atoms with Crippen LogP contribution in [0.2, 0.25) is 0 Å². The lowest BCUT2D eigenvalue weighted by molar-refractivity contribution is 0.0474. The fourth-order valence-electron chi connectivity index (χ4n) is 2.13. The van der Waals surface area contributed by atoms with Crippen molar-refractivity contribution in [1.29, 1.82) is 0 Å². The van der Waals surface area contributed by atoms with Gasteiger partial charge in [-0.05, 0) is 38.1 Å². The number of nitrogens with two attached hydrogens (primary N) is 1. The lowest BCUT2D eigenvalue weighted by Gasteiger charge is -2.10. The van der Waals surface area contributed by atoms with E-state index in [1.807, 2.05) is 18.8 Å². The van der Waals surface area contributed by atoms with Crippen LogP contribution < -0.4 is 21.7 Å². The Bertz CT molecular complexity index is 940. The molecule has 3 N–H and O–H groups in total. The third-order valence-electron chi connectivity index (χ3n) is 3.44. The number of benzene rings is 1. The highest BCUT2D eigenvalue weighted by atomic mass is 16.5. The average Bonchev–Trinajstić information content (AvgIpc) is 2.58. The molecule has 0 bridgehead atoms. The quantitative estimate of drug-likeness (QED) is 0.565. The van der Waals surface area contributed by atoms with E-state index in [1.165, 1.54) is 19.2 Å². The van der Waals surface area contributed by atoms with Crippen molar-refractivity contribution >= 4 is 17.6 Å². The van der Waals surface area contributed by atoms with E-state index in [1.54, 1.807) is 12.1 Å². The van der Waals surface area contributed by atoms with E-state index in [0.717, 1.165) is 4.57 Å². The van der Waals surface area contributed by atoms with Gasteiger partial charge in [-0.15, -0.1) is 0 Å². The Morgan fingerprint density at radius 1 is 1.19 bits per heavy atom. The van der Waals surface area contributed by atoms with E-state index in [4.69, 9.17) is 15.2 Å². The van der Waals surface area contributed by atoms with Crippen LogP contribution in [0.15, 0.2) is 33.9 Å². The summed E-state index contributed by atoms with van der Waals surface area (Å²) < 4.78 is 11.3. The summed E-state index contributed by atoms with van der Waals surface area (Å²) in [5.41, 5.74) is 3.74. The largest absolute Gasteiger partial charge is 0.491 e. The number of hydrogen-bond donors (Lipinski definition) is 2. The number of aromatic nitrogens is 2. The fraction of sp³-hybridized carbons (Fsp3) is 0.294. The van der Waals surface area contributed by atoms with Gasteiger partial charge in [-0.2, -0.15) is 0 Å². The molecular weight excluding hydrogens is 342 g/mol. The van der Waals surface area contributed by atoms with E-state index >= 15 is 0 Å². The van der Waals surface area contributed by atoms with Crippen molar-refractivity contribution in [3.8, 4) is 5.75 Å². The summed E-state index contributed by atoms with van der Waals surface area (Å²) in [4.78, 5) is 49.3. The molecular formula is C17H19N3O6. The first-order valence-corrected chi connectivity index (χ1v) is 7.76. The Balaban J connectivity index is 2.08. The predicted octanol–water partition coefficient (Wildman–Crippen LogP) is 0.483. The van der Waals surface area contributed by atoms with E-state index in [2.05, 4.69) is 0 Å². The number of nitrogens with one attached hydrogen (secondary N) is 1. The second kappa shape index (κ2) is 7.68. The molecule has 0 amide bonds. The van der Waals surface area contributed by atoms with Crippen molar-refractivity contribution in [2.24, 2.45) is 7.05 Å². The topological polar surface area (TPSA) is 133 Å². The number of ether oxygens (including phenoxy) is 2. The Labute approximate surface area is 148 Å². The summed E-state index contributed by atoms with van der Waals surface area (Å²) >= 11 is 0. The molecule has 138 valence electrons. The predicted molar refractivity (Wildman–Crippen MR) is 93.5 cm³/mol. The van der Waals surface area contributed by atoms with Gasteiger partial charge in [0.2, 0.25) is 5.78 Å². The first-order chi connectivity index (χ1) is 12.2. The maximum atomic E-state index is 12.1. The van der Waals surface area contributed by atoms with Crippen molar-refractivity contribution in [2.45, 2.75) is 20.0 Å². The molecule has 0 aliphatic rings. The third kappa shape index (κ3) is 4.18. The zero-order valence-electron chi connectivity index (χ0n) is 14.6. The van der Waals surface area contributed by atoms with Crippen molar-refractivity contribution in [1.82, 2.24) is 9.55 Å². The van der Waals surface area contributed by atoms with Crippen LogP contribution in [-0.4, -0.2) is 34.0 Å². The Morgan fingerprint density at radius 2 is 1.81 bits per heavy atom. The van der Waals surface area contributed by atoms with E-state index in [-0.39, 0.29) is 17.5 Å². The molecule has 1 aromatic carbocycles. The number of aromatic amines is 1. The molecule has 0 saturated heterocycles. The highest BCUT2D eigenvalue weighted by Gasteiger charge is 2.20. The van der Waals surface area contributed by atoms with Gasteiger partial charge in [0.1, 0.15) is 17.1 Å². The molecule has 0 aliphatic heterocycles. The molecule has 0 aliphatic carbocycles. The molecule has 0 fully saturated rings. The second-order valence-electron chi connectivity index (χ2n) is 5.77. The van der Waals surface area contributed by atoms with Crippen LogP contribution >= 0.6 is 0 Å². The molecule has 1 heterocycles. The van der Waals surface area contributed by atoms with Crippen LogP contribution in [0.1, 0.15) is 34.6 Å². The second-order valence-corrected chi connectivity index (χ2v) is 5.77. The smallest absolute Gasteiger partial charge is 0.338 e. The van der Waals surface area contributed by atoms with E-state index in [0.29, 0.717) is 5.75 Å². The number of H-pyrrole nitrogens is 1. The number of anilines is 1. The first-order valence-electron chi connectivity index (χ1n) is 7.76. The summed E-state index contributed by atoms with van der Waals surface area (Å²) in [5, 5.41) is 0. The van der Waals surface area contributed by atoms with Crippen molar-refractivity contribution in [3.63, 3.8) is 0 Å². The maximum Gasteiger partial charge on any atom is 0.338 e. The minimum Gasteiger partial charge on any atom is -0.491 e. The Hall–Kier alpha value is -3.36. The lowest BCUT2D eigenvalue weighted by atomic mass is 10.2. The van der Waals surface area contributed by atoms with Gasteiger partial charge in [-0.3, -0.25) is 19.1 Å². The monoisotopic (exact) mass is 361 g/mol. The molecule has 0 unspecified atom stereocenters. The van der Waals surface area contributed by atoms with Gasteiger partial charge in [0, 0.05) is 7.05 Å². The summed E-state index contributed by atoms with van der Waals surface area (Å²) in [6.07, 6.45) is -0.00388. The molecule has 0 spiro atoms. The van der Waals surface area contributed by atoms with Gasteiger partial charge < -0.3 is 15.2 Å². The summed E-state index contributed by atoms with van der Waals surface area (Å²) in [5.74, 6) is -1.26. The molecule has 9 heteroatoms. The molecule has 0 saturated carbocycles. The molecule has 2 aromatic rings. The van der Waals surface area contributed by atoms with Crippen molar-refractivity contribution in [2.75, 3.05) is 12.3 Å². The number of nitrogens with zero attached hydrogens (tertiary/aromatic N) is 1. The van der Waals surface area contributed by atoms with Gasteiger partial charge in [0.25, 0.3) is 5.56 Å². The average molecular weight is 361 g/mol. The number of ketones is 1. The minimum absolute atomic E-state index is 0.00388. The van der Waals surface area contributed by atoms with Gasteiger partial charge in [-0.25, -0.2) is 9.59 Å². The Kier molecular flexibility index (Phi) is 5.61. The number of carbonyl (C=O) groups is 2.